The van der Waals surface area contributed by atoms with Gasteiger partial charge in [-0.2, -0.15) is 0 Å². The van der Waals surface area contributed by atoms with Crippen molar-refractivity contribution in [2.24, 2.45) is 0 Å². The number of methoxy groups -OCH3 is 1. The summed E-state index contributed by atoms with van der Waals surface area (Å²) in [5.41, 5.74) is 4.05. The van der Waals surface area contributed by atoms with E-state index in [-0.39, 0.29) is 5.91 Å². The van der Waals surface area contributed by atoms with Crippen molar-refractivity contribution in [2.45, 2.75) is 12.8 Å². The average Bonchev–Trinajstić information content (AvgIpc) is 3.00. The van der Waals surface area contributed by atoms with E-state index in [1.807, 2.05) is 53.4 Å². The van der Waals surface area contributed by atoms with E-state index >= 15 is 0 Å². The number of allylic oxidation sites excluding steroid dienone is 1. The molecule has 0 aromatic heterocycles. The van der Waals surface area contributed by atoms with Gasteiger partial charge in [-0.05, 0) is 42.7 Å². The number of carbonyl (C=O) groups is 1. The van der Waals surface area contributed by atoms with Crippen molar-refractivity contribution in [3.05, 3.63) is 71.8 Å². The van der Waals surface area contributed by atoms with Crippen LogP contribution >= 0.6 is 0 Å². The number of rotatable bonds is 4. The van der Waals surface area contributed by atoms with Crippen LogP contribution in [0.1, 0.15) is 21.5 Å². The highest BCUT2D eigenvalue weighted by Crippen LogP contribution is 2.37. The number of nitrogens with zero attached hydrogens (tertiary/aromatic N) is 1. The maximum Gasteiger partial charge on any atom is 0.258 e. The van der Waals surface area contributed by atoms with Crippen LogP contribution in [0.4, 0.5) is 5.69 Å². The lowest BCUT2D eigenvalue weighted by Crippen LogP contribution is -2.28. The Balaban J connectivity index is 2.00. The minimum absolute atomic E-state index is 0.0501. The first-order valence-electron chi connectivity index (χ1n) is 7.42. The van der Waals surface area contributed by atoms with Gasteiger partial charge in [-0.25, -0.2) is 0 Å². The zero-order chi connectivity index (χ0) is 15.5. The highest BCUT2D eigenvalue weighted by molar-refractivity contribution is 6.07. The average molecular weight is 293 g/mol. The van der Waals surface area contributed by atoms with E-state index in [1.54, 1.807) is 7.11 Å². The van der Waals surface area contributed by atoms with Gasteiger partial charge in [-0.15, -0.1) is 6.58 Å². The molecule has 0 radical (unpaired) electrons. The fourth-order valence-corrected chi connectivity index (χ4v) is 3.04. The third kappa shape index (κ3) is 2.39. The maximum absolute atomic E-state index is 12.7. The second-order valence-electron chi connectivity index (χ2n) is 5.31. The summed E-state index contributed by atoms with van der Waals surface area (Å²) in [5, 5.41) is 0. The fourth-order valence-electron chi connectivity index (χ4n) is 3.04. The monoisotopic (exact) mass is 293 g/mol. The first-order valence-corrected chi connectivity index (χ1v) is 7.42. The summed E-state index contributed by atoms with van der Waals surface area (Å²) in [5.74, 6) is 0.918. The van der Waals surface area contributed by atoms with Crippen molar-refractivity contribution in [3.8, 4) is 5.75 Å². The second-order valence-corrected chi connectivity index (χ2v) is 5.31. The number of benzene rings is 2. The molecule has 0 fully saturated rings. The van der Waals surface area contributed by atoms with Crippen LogP contribution in [0.5, 0.6) is 5.75 Å². The van der Waals surface area contributed by atoms with E-state index in [0.717, 1.165) is 35.4 Å². The lowest BCUT2D eigenvalue weighted by molar-refractivity contribution is 0.0989. The number of hydrogen-bond donors (Lipinski definition) is 0. The molecular weight excluding hydrogens is 274 g/mol. The molecule has 2 aromatic rings. The van der Waals surface area contributed by atoms with E-state index in [4.69, 9.17) is 4.74 Å². The smallest absolute Gasteiger partial charge is 0.258 e. The van der Waals surface area contributed by atoms with E-state index in [9.17, 15) is 4.79 Å². The van der Waals surface area contributed by atoms with Crippen molar-refractivity contribution in [1.29, 1.82) is 0 Å². The van der Waals surface area contributed by atoms with Gasteiger partial charge in [0.05, 0.1) is 7.11 Å². The molecule has 112 valence electrons. The summed E-state index contributed by atoms with van der Waals surface area (Å²) < 4.78 is 5.45. The maximum atomic E-state index is 12.7. The van der Waals surface area contributed by atoms with E-state index in [0.29, 0.717) is 6.54 Å². The van der Waals surface area contributed by atoms with Crippen LogP contribution in [0.25, 0.3) is 0 Å². The van der Waals surface area contributed by atoms with Crippen molar-refractivity contribution < 1.29 is 9.53 Å². The van der Waals surface area contributed by atoms with Gasteiger partial charge in [0.1, 0.15) is 5.75 Å². The Labute approximate surface area is 130 Å². The Kier molecular flexibility index (Phi) is 3.96. The molecule has 1 amide bonds. The van der Waals surface area contributed by atoms with Gasteiger partial charge in [0, 0.05) is 23.4 Å². The Bertz CT molecular complexity index is 707. The summed E-state index contributed by atoms with van der Waals surface area (Å²) in [7, 11) is 1.68. The van der Waals surface area contributed by atoms with Crippen LogP contribution in [-0.4, -0.2) is 19.6 Å². The third-order valence-electron chi connectivity index (χ3n) is 4.07. The number of anilines is 1. The lowest BCUT2D eigenvalue weighted by atomic mass is 10.0. The van der Waals surface area contributed by atoms with E-state index < -0.39 is 0 Å². The zero-order valence-electron chi connectivity index (χ0n) is 12.7. The van der Waals surface area contributed by atoms with Gasteiger partial charge in [0.15, 0.2) is 0 Å². The van der Waals surface area contributed by atoms with Gasteiger partial charge < -0.3 is 9.64 Å². The molecule has 3 nitrogen and oxygen atoms in total. The molecule has 22 heavy (non-hydrogen) atoms. The molecule has 0 unspecified atom stereocenters. The number of carbonyl (C=O) groups excluding carboxylic acids is 1. The Hall–Kier alpha value is -2.55. The predicted molar refractivity (Wildman–Crippen MR) is 88.7 cm³/mol. The summed E-state index contributed by atoms with van der Waals surface area (Å²) in [4.78, 5) is 14.6. The highest BCUT2D eigenvalue weighted by atomic mass is 16.5. The van der Waals surface area contributed by atoms with Crippen molar-refractivity contribution in [3.63, 3.8) is 0 Å². The Morgan fingerprint density at radius 1 is 1.27 bits per heavy atom. The van der Waals surface area contributed by atoms with Gasteiger partial charge in [0.25, 0.3) is 5.91 Å². The van der Waals surface area contributed by atoms with E-state index in [2.05, 4.69) is 6.58 Å². The Morgan fingerprint density at radius 2 is 2.05 bits per heavy atom. The minimum atomic E-state index is 0.0501. The van der Waals surface area contributed by atoms with Crippen molar-refractivity contribution >= 4 is 11.6 Å². The van der Waals surface area contributed by atoms with Crippen molar-refractivity contribution in [2.75, 3.05) is 18.6 Å². The minimum Gasteiger partial charge on any atom is -0.496 e. The lowest BCUT2D eigenvalue weighted by Gasteiger charge is -2.19. The van der Waals surface area contributed by atoms with Crippen LogP contribution in [0.2, 0.25) is 0 Å². The summed E-state index contributed by atoms with van der Waals surface area (Å²) in [6, 6.07) is 13.3. The highest BCUT2D eigenvalue weighted by Gasteiger charge is 2.28. The fraction of sp³-hybridized carbons (Fsp3) is 0.211. The molecule has 1 aliphatic rings. The second kappa shape index (κ2) is 6.06. The van der Waals surface area contributed by atoms with Crippen LogP contribution in [0.3, 0.4) is 0 Å². The van der Waals surface area contributed by atoms with Gasteiger partial charge in [-0.3, -0.25) is 4.79 Å². The van der Waals surface area contributed by atoms with Gasteiger partial charge in [-0.1, -0.05) is 24.3 Å². The topological polar surface area (TPSA) is 29.5 Å². The number of ether oxygens (including phenoxy) is 1. The molecule has 3 rings (SSSR count). The van der Waals surface area contributed by atoms with Crippen LogP contribution < -0.4 is 9.64 Å². The molecule has 0 saturated heterocycles. The SMILES string of the molecule is C=CCc1c(OC)ccc2c1CCN2C(=O)c1ccccc1. The quantitative estimate of drug-likeness (QED) is 0.806. The molecule has 0 aliphatic carbocycles. The first kappa shape index (κ1) is 14.4. The molecular formula is C19H19NO2. The summed E-state index contributed by atoms with van der Waals surface area (Å²) in [6.07, 6.45) is 3.48. The molecule has 2 aromatic carbocycles. The molecule has 0 N–H and O–H groups in total. The largest absolute Gasteiger partial charge is 0.496 e. The van der Waals surface area contributed by atoms with Crippen molar-refractivity contribution in [1.82, 2.24) is 0 Å². The number of amides is 1. The molecule has 0 atom stereocenters. The standard InChI is InChI=1S/C19H19NO2/c1-3-7-16-15-12-13-20(17(15)10-11-18(16)22-2)19(21)14-8-5-4-6-9-14/h3-6,8-11H,1,7,12-13H2,2H3. The molecule has 0 saturated carbocycles. The molecule has 3 heteroatoms. The molecule has 1 aliphatic heterocycles. The summed E-state index contributed by atoms with van der Waals surface area (Å²) >= 11 is 0. The van der Waals surface area contributed by atoms with Crippen LogP contribution in [-0.2, 0) is 12.8 Å². The predicted octanol–water partition coefficient (Wildman–Crippen LogP) is 3.63. The summed E-state index contributed by atoms with van der Waals surface area (Å²) in [6.45, 7) is 4.53. The first-order chi connectivity index (χ1) is 10.8. The molecule has 0 bridgehead atoms. The van der Waals surface area contributed by atoms with E-state index in [1.165, 1.54) is 5.56 Å². The zero-order valence-corrected chi connectivity index (χ0v) is 12.7. The molecule has 1 heterocycles. The normalized spacial score (nSPS) is 12.9. The number of hydrogen-bond acceptors (Lipinski definition) is 2. The Morgan fingerprint density at radius 3 is 2.73 bits per heavy atom. The van der Waals surface area contributed by atoms with Gasteiger partial charge in [0.2, 0.25) is 0 Å². The molecule has 0 spiro atoms. The number of fused-ring (bicyclic) bond motifs is 1. The van der Waals surface area contributed by atoms with Gasteiger partial charge >= 0.3 is 0 Å². The van der Waals surface area contributed by atoms with Crippen LogP contribution in [0.15, 0.2) is 55.1 Å². The van der Waals surface area contributed by atoms with Crippen LogP contribution in [0, 0.1) is 0 Å². The third-order valence-corrected chi connectivity index (χ3v) is 4.07.